The number of H-pyrrole nitrogens is 1. The second-order valence-corrected chi connectivity index (χ2v) is 5.55. The summed E-state index contributed by atoms with van der Waals surface area (Å²) < 4.78 is 15.0. The molecule has 1 aromatic heterocycles. The van der Waals surface area contributed by atoms with Gasteiger partial charge in [0.25, 0.3) is 0 Å². The van der Waals surface area contributed by atoms with E-state index in [1.165, 1.54) is 12.1 Å². The van der Waals surface area contributed by atoms with E-state index in [2.05, 4.69) is 15.3 Å². The SMILES string of the molecule is Cc1ccccc1/C=N\n1c(Cc2ccc(F)cc2)n[nH]c1=S. The van der Waals surface area contributed by atoms with Crippen LogP contribution < -0.4 is 0 Å². The lowest BCUT2D eigenvalue weighted by Crippen LogP contribution is -2.01. The molecule has 1 heterocycles. The molecular formula is C17H15FN4S. The van der Waals surface area contributed by atoms with E-state index in [9.17, 15) is 4.39 Å². The highest BCUT2D eigenvalue weighted by Gasteiger charge is 2.06. The number of nitrogens with zero attached hydrogens (tertiary/aromatic N) is 3. The summed E-state index contributed by atoms with van der Waals surface area (Å²) in [5.74, 6) is 0.414. The van der Waals surface area contributed by atoms with Crippen LogP contribution in [0.2, 0.25) is 0 Å². The first-order chi connectivity index (χ1) is 11.1. The topological polar surface area (TPSA) is 46.0 Å². The molecule has 3 rings (SSSR count). The van der Waals surface area contributed by atoms with E-state index in [1.807, 2.05) is 31.2 Å². The summed E-state index contributed by atoms with van der Waals surface area (Å²) in [5, 5.41) is 11.4. The molecule has 0 amide bonds. The highest BCUT2D eigenvalue weighted by Crippen LogP contribution is 2.10. The third kappa shape index (κ3) is 3.60. The molecule has 0 saturated carbocycles. The molecule has 0 spiro atoms. The summed E-state index contributed by atoms with van der Waals surface area (Å²) in [7, 11) is 0. The number of halogens is 1. The normalized spacial score (nSPS) is 11.2. The minimum Gasteiger partial charge on any atom is -0.250 e. The number of nitrogens with one attached hydrogen (secondary N) is 1. The van der Waals surface area contributed by atoms with Gasteiger partial charge in [0.2, 0.25) is 4.77 Å². The van der Waals surface area contributed by atoms with Crippen molar-refractivity contribution in [1.29, 1.82) is 0 Å². The van der Waals surface area contributed by atoms with E-state index in [-0.39, 0.29) is 5.82 Å². The number of benzene rings is 2. The van der Waals surface area contributed by atoms with Gasteiger partial charge < -0.3 is 0 Å². The number of aryl methyl sites for hydroxylation is 1. The Balaban J connectivity index is 1.88. The van der Waals surface area contributed by atoms with Gasteiger partial charge in [-0.1, -0.05) is 36.4 Å². The van der Waals surface area contributed by atoms with Gasteiger partial charge in [0, 0.05) is 6.42 Å². The lowest BCUT2D eigenvalue weighted by molar-refractivity contribution is 0.627. The Bertz CT molecular complexity index is 893. The van der Waals surface area contributed by atoms with Crippen molar-refractivity contribution < 1.29 is 4.39 Å². The van der Waals surface area contributed by atoms with E-state index in [0.717, 1.165) is 16.7 Å². The Morgan fingerprint density at radius 2 is 1.96 bits per heavy atom. The Morgan fingerprint density at radius 3 is 2.70 bits per heavy atom. The standard InChI is InChI=1S/C17H15FN4S/c1-12-4-2-3-5-14(12)11-19-22-16(20-21-17(22)23)10-13-6-8-15(18)9-7-13/h2-9,11H,10H2,1H3,(H,21,23)/b19-11-. The van der Waals surface area contributed by atoms with Crippen LogP contribution in [0.4, 0.5) is 4.39 Å². The van der Waals surface area contributed by atoms with Crippen LogP contribution in [0.25, 0.3) is 0 Å². The molecule has 4 nitrogen and oxygen atoms in total. The van der Waals surface area contributed by atoms with Crippen LogP contribution in [-0.4, -0.2) is 21.1 Å². The van der Waals surface area contributed by atoms with Crippen molar-refractivity contribution in [2.45, 2.75) is 13.3 Å². The first-order valence-corrected chi connectivity index (χ1v) is 7.55. The minimum absolute atomic E-state index is 0.259. The molecule has 2 aromatic carbocycles. The second kappa shape index (κ2) is 6.66. The molecule has 0 aliphatic heterocycles. The zero-order valence-corrected chi connectivity index (χ0v) is 13.3. The zero-order valence-electron chi connectivity index (χ0n) is 12.5. The Hall–Kier alpha value is -2.60. The van der Waals surface area contributed by atoms with Gasteiger partial charge in [0.15, 0.2) is 5.82 Å². The van der Waals surface area contributed by atoms with Crippen molar-refractivity contribution in [3.8, 4) is 0 Å². The summed E-state index contributed by atoms with van der Waals surface area (Å²) in [5.41, 5.74) is 3.09. The average Bonchev–Trinajstić information content (AvgIpc) is 2.89. The van der Waals surface area contributed by atoms with E-state index in [4.69, 9.17) is 12.2 Å². The van der Waals surface area contributed by atoms with Gasteiger partial charge >= 0.3 is 0 Å². The van der Waals surface area contributed by atoms with E-state index in [0.29, 0.717) is 17.0 Å². The van der Waals surface area contributed by atoms with Crippen LogP contribution in [0.5, 0.6) is 0 Å². The maximum atomic E-state index is 13.0. The molecule has 0 atom stereocenters. The zero-order chi connectivity index (χ0) is 16.2. The van der Waals surface area contributed by atoms with Crippen LogP contribution in [0, 0.1) is 17.5 Å². The predicted octanol–water partition coefficient (Wildman–Crippen LogP) is 3.86. The summed E-state index contributed by atoms with van der Waals surface area (Å²) in [6, 6.07) is 14.3. The Morgan fingerprint density at radius 1 is 1.22 bits per heavy atom. The van der Waals surface area contributed by atoms with Crippen LogP contribution in [0.1, 0.15) is 22.5 Å². The first kappa shape index (κ1) is 15.3. The largest absolute Gasteiger partial charge is 0.250 e. The van der Waals surface area contributed by atoms with Gasteiger partial charge in [-0.25, -0.2) is 4.39 Å². The maximum absolute atomic E-state index is 13.0. The highest BCUT2D eigenvalue weighted by molar-refractivity contribution is 7.71. The molecule has 0 saturated heterocycles. The monoisotopic (exact) mass is 326 g/mol. The van der Waals surface area contributed by atoms with Gasteiger partial charge in [-0.15, -0.1) is 0 Å². The molecule has 0 unspecified atom stereocenters. The second-order valence-electron chi connectivity index (χ2n) is 5.16. The molecule has 116 valence electrons. The summed E-state index contributed by atoms with van der Waals surface area (Å²) in [6.07, 6.45) is 2.27. The van der Waals surface area contributed by atoms with Gasteiger partial charge in [0.1, 0.15) is 5.82 Å². The average molecular weight is 326 g/mol. The maximum Gasteiger partial charge on any atom is 0.216 e. The molecule has 3 aromatic rings. The van der Waals surface area contributed by atoms with Gasteiger partial charge in [-0.05, 0) is 48.0 Å². The quantitative estimate of drug-likeness (QED) is 0.584. The summed E-state index contributed by atoms with van der Waals surface area (Å²) >= 11 is 5.23. The van der Waals surface area contributed by atoms with Gasteiger partial charge in [-0.2, -0.15) is 14.9 Å². The van der Waals surface area contributed by atoms with Crippen molar-refractivity contribution >= 4 is 18.4 Å². The number of rotatable bonds is 4. The predicted molar refractivity (Wildman–Crippen MR) is 90.8 cm³/mol. The third-order valence-electron chi connectivity index (χ3n) is 3.49. The fourth-order valence-corrected chi connectivity index (χ4v) is 2.39. The van der Waals surface area contributed by atoms with Crippen molar-refractivity contribution in [1.82, 2.24) is 14.9 Å². The minimum atomic E-state index is -0.259. The van der Waals surface area contributed by atoms with Crippen LogP contribution in [0.15, 0.2) is 53.6 Å². The molecule has 6 heteroatoms. The van der Waals surface area contributed by atoms with Crippen molar-refractivity contribution in [2.24, 2.45) is 5.10 Å². The van der Waals surface area contributed by atoms with Gasteiger partial charge in [0.05, 0.1) is 6.21 Å². The Kier molecular flexibility index (Phi) is 4.43. The van der Waals surface area contributed by atoms with Crippen LogP contribution in [-0.2, 0) is 6.42 Å². The molecule has 0 fully saturated rings. The molecule has 0 bridgehead atoms. The van der Waals surface area contributed by atoms with E-state index in [1.54, 1.807) is 23.0 Å². The van der Waals surface area contributed by atoms with E-state index >= 15 is 0 Å². The molecule has 0 aliphatic carbocycles. The fourth-order valence-electron chi connectivity index (χ4n) is 2.19. The Labute approximate surface area is 138 Å². The van der Waals surface area contributed by atoms with Crippen LogP contribution >= 0.6 is 12.2 Å². The lowest BCUT2D eigenvalue weighted by Gasteiger charge is -2.02. The number of hydrogen-bond donors (Lipinski definition) is 1. The molecule has 23 heavy (non-hydrogen) atoms. The van der Waals surface area contributed by atoms with Gasteiger partial charge in [-0.3, -0.25) is 5.10 Å². The van der Waals surface area contributed by atoms with Crippen molar-refractivity contribution in [2.75, 3.05) is 0 Å². The lowest BCUT2D eigenvalue weighted by atomic mass is 10.1. The molecule has 0 aliphatic rings. The smallest absolute Gasteiger partial charge is 0.216 e. The van der Waals surface area contributed by atoms with Crippen LogP contribution in [0.3, 0.4) is 0 Å². The molecule has 0 radical (unpaired) electrons. The number of aromatic amines is 1. The first-order valence-electron chi connectivity index (χ1n) is 7.14. The van der Waals surface area contributed by atoms with Crippen molar-refractivity contribution in [3.63, 3.8) is 0 Å². The third-order valence-corrected chi connectivity index (χ3v) is 3.76. The number of aromatic nitrogens is 3. The molecular weight excluding hydrogens is 311 g/mol. The number of hydrogen-bond acceptors (Lipinski definition) is 3. The van der Waals surface area contributed by atoms with E-state index < -0.39 is 0 Å². The summed E-state index contributed by atoms with van der Waals surface area (Å²) in [6.45, 7) is 2.02. The summed E-state index contributed by atoms with van der Waals surface area (Å²) in [4.78, 5) is 0. The fraction of sp³-hybridized carbons (Fsp3) is 0.118. The highest BCUT2D eigenvalue weighted by atomic mass is 32.1. The van der Waals surface area contributed by atoms with Crippen molar-refractivity contribution in [3.05, 3.63) is 81.6 Å². The molecule has 1 N–H and O–H groups in total.